The van der Waals surface area contributed by atoms with Gasteiger partial charge in [0.15, 0.2) is 0 Å². The Bertz CT molecular complexity index is 1250. The Labute approximate surface area is 169 Å². The Hall–Kier alpha value is -3.73. The number of anilines is 2. The van der Waals surface area contributed by atoms with Crippen molar-refractivity contribution in [2.24, 2.45) is 0 Å². The third-order valence-corrected chi connectivity index (χ3v) is 5.96. The lowest BCUT2D eigenvalue weighted by atomic mass is 10.0. The van der Waals surface area contributed by atoms with E-state index in [-0.39, 0.29) is 6.04 Å². The van der Waals surface area contributed by atoms with Crippen molar-refractivity contribution in [2.45, 2.75) is 19.0 Å². The van der Waals surface area contributed by atoms with Crippen molar-refractivity contribution in [3.05, 3.63) is 95.4 Å². The molecular formula is C24H21N5. The first-order valence-corrected chi connectivity index (χ1v) is 9.90. The minimum Gasteiger partial charge on any atom is -0.399 e. The number of fused-ring (bicyclic) bond motifs is 1. The van der Waals surface area contributed by atoms with Gasteiger partial charge in [-0.1, -0.05) is 36.4 Å². The van der Waals surface area contributed by atoms with Crippen molar-refractivity contribution in [3.63, 3.8) is 0 Å². The molecule has 0 radical (unpaired) electrons. The van der Waals surface area contributed by atoms with Crippen LogP contribution in [0.15, 0.2) is 73.1 Å². The Kier molecular flexibility index (Phi) is 3.44. The van der Waals surface area contributed by atoms with E-state index in [1.165, 1.54) is 33.2 Å². The highest BCUT2D eigenvalue weighted by molar-refractivity contribution is 5.91. The smallest absolute Gasteiger partial charge is 0.0819 e. The molecule has 0 bridgehead atoms. The standard InChI is InChI=1S/C24H21N5/c25-19-7-9-20(10-8-19)27-28-12-11-18-14-26-29(23(18)15-28)22-13-17-5-1-3-16-4-2-6-21(22)24(16)17/h1-12,14,22,27H,13,15,25H2. The zero-order valence-corrected chi connectivity index (χ0v) is 15.9. The van der Waals surface area contributed by atoms with Crippen LogP contribution in [0, 0.1) is 0 Å². The summed E-state index contributed by atoms with van der Waals surface area (Å²) in [5.74, 6) is 0. The van der Waals surface area contributed by atoms with Crippen molar-refractivity contribution in [3.8, 4) is 0 Å². The molecule has 0 fully saturated rings. The lowest BCUT2D eigenvalue weighted by molar-refractivity contribution is 0.401. The number of nitrogens with one attached hydrogen (secondary N) is 1. The van der Waals surface area contributed by atoms with Gasteiger partial charge in [-0.25, -0.2) is 0 Å². The summed E-state index contributed by atoms with van der Waals surface area (Å²) in [6.07, 6.45) is 7.15. The topological polar surface area (TPSA) is 59.1 Å². The van der Waals surface area contributed by atoms with E-state index < -0.39 is 0 Å². The second-order valence-corrected chi connectivity index (χ2v) is 7.75. The Morgan fingerprint density at radius 3 is 2.69 bits per heavy atom. The van der Waals surface area contributed by atoms with E-state index >= 15 is 0 Å². The van der Waals surface area contributed by atoms with Crippen molar-refractivity contribution in [2.75, 3.05) is 11.2 Å². The Morgan fingerprint density at radius 2 is 1.83 bits per heavy atom. The number of hydrogen-bond acceptors (Lipinski definition) is 4. The Morgan fingerprint density at radius 1 is 1.00 bits per heavy atom. The summed E-state index contributed by atoms with van der Waals surface area (Å²) in [5.41, 5.74) is 16.2. The lowest BCUT2D eigenvalue weighted by Gasteiger charge is -2.27. The molecule has 5 nitrogen and oxygen atoms in total. The molecule has 1 aromatic heterocycles. The zero-order chi connectivity index (χ0) is 19.4. The summed E-state index contributed by atoms with van der Waals surface area (Å²) < 4.78 is 2.21. The summed E-state index contributed by atoms with van der Waals surface area (Å²) in [7, 11) is 0. The van der Waals surface area contributed by atoms with Gasteiger partial charge in [-0.05, 0) is 58.7 Å². The number of rotatable bonds is 3. The van der Waals surface area contributed by atoms with Crippen LogP contribution in [0.4, 0.5) is 11.4 Å². The summed E-state index contributed by atoms with van der Waals surface area (Å²) in [5, 5.41) is 9.60. The molecule has 0 saturated carbocycles. The predicted octanol–water partition coefficient (Wildman–Crippen LogP) is 4.58. The molecule has 3 N–H and O–H groups in total. The van der Waals surface area contributed by atoms with Crippen molar-refractivity contribution >= 4 is 28.2 Å². The van der Waals surface area contributed by atoms with Crippen LogP contribution >= 0.6 is 0 Å². The highest BCUT2D eigenvalue weighted by Gasteiger charge is 2.29. The van der Waals surface area contributed by atoms with Gasteiger partial charge in [-0.2, -0.15) is 5.10 Å². The molecule has 2 aliphatic rings. The van der Waals surface area contributed by atoms with Crippen LogP contribution in [0.1, 0.15) is 28.4 Å². The van der Waals surface area contributed by atoms with Gasteiger partial charge in [0.2, 0.25) is 0 Å². The van der Waals surface area contributed by atoms with E-state index in [1.54, 1.807) is 0 Å². The monoisotopic (exact) mass is 379 g/mol. The molecule has 1 atom stereocenters. The molecule has 2 heterocycles. The first-order valence-electron chi connectivity index (χ1n) is 9.90. The minimum absolute atomic E-state index is 0.240. The largest absolute Gasteiger partial charge is 0.399 e. The van der Waals surface area contributed by atoms with E-state index in [9.17, 15) is 0 Å². The molecule has 29 heavy (non-hydrogen) atoms. The highest BCUT2D eigenvalue weighted by atomic mass is 15.5. The molecule has 0 spiro atoms. The zero-order valence-electron chi connectivity index (χ0n) is 15.9. The van der Waals surface area contributed by atoms with Gasteiger partial charge in [0, 0.05) is 17.5 Å². The maximum Gasteiger partial charge on any atom is 0.0819 e. The maximum atomic E-state index is 5.80. The first-order chi connectivity index (χ1) is 14.3. The van der Waals surface area contributed by atoms with Crippen LogP contribution in [0.25, 0.3) is 16.8 Å². The maximum absolute atomic E-state index is 5.80. The van der Waals surface area contributed by atoms with Crippen LogP contribution in [0.3, 0.4) is 0 Å². The number of nitrogens with two attached hydrogens (primary N) is 1. The fourth-order valence-electron chi connectivity index (χ4n) is 4.59. The van der Waals surface area contributed by atoms with Gasteiger partial charge in [-0.15, -0.1) is 0 Å². The van der Waals surface area contributed by atoms with Crippen LogP contribution in [-0.2, 0) is 13.0 Å². The third-order valence-electron chi connectivity index (χ3n) is 5.96. The molecule has 5 heteroatoms. The second-order valence-electron chi connectivity index (χ2n) is 7.75. The van der Waals surface area contributed by atoms with Crippen LogP contribution in [0.2, 0.25) is 0 Å². The molecule has 6 rings (SSSR count). The molecule has 4 aromatic rings. The molecular weight excluding hydrogens is 358 g/mol. The number of benzene rings is 3. The average Bonchev–Trinajstić information content (AvgIpc) is 3.32. The van der Waals surface area contributed by atoms with Gasteiger partial charge >= 0.3 is 0 Å². The molecule has 0 amide bonds. The van der Waals surface area contributed by atoms with Crippen LogP contribution in [-0.4, -0.2) is 14.8 Å². The molecule has 0 saturated heterocycles. The molecule has 1 aliphatic heterocycles. The van der Waals surface area contributed by atoms with Gasteiger partial charge < -0.3 is 5.73 Å². The van der Waals surface area contributed by atoms with E-state index in [0.29, 0.717) is 0 Å². The van der Waals surface area contributed by atoms with Crippen LogP contribution in [0.5, 0.6) is 0 Å². The van der Waals surface area contributed by atoms with Crippen LogP contribution < -0.4 is 11.2 Å². The summed E-state index contributed by atoms with van der Waals surface area (Å²) in [4.78, 5) is 0. The quantitative estimate of drug-likeness (QED) is 0.512. The number of hydrogen-bond donors (Lipinski definition) is 2. The summed E-state index contributed by atoms with van der Waals surface area (Å²) in [6, 6.07) is 21.2. The van der Waals surface area contributed by atoms with Crippen molar-refractivity contribution in [1.29, 1.82) is 0 Å². The highest BCUT2D eigenvalue weighted by Crippen LogP contribution is 2.40. The van der Waals surface area contributed by atoms with Gasteiger partial charge in [0.1, 0.15) is 0 Å². The first kappa shape index (κ1) is 16.2. The third kappa shape index (κ3) is 2.58. The summed E-state index contributed by atoms with van der Waals surface area (Å²) >= 11 is 0. The van der Waals surface area contributed by atoms with Gasteiger partial charge in [0.05, 0.1) is 30.2 Å². The van der Waals surface area contributed by atoms with E-state index in [4.69, 9.17) is 10.8 Å². The SMILES string of the molecule is Nc1ccc(NN2C=Cc3cnn(C4Cc5cccc6cccc4c56)c3C2)cc1. The fourth-order valence-corrected chi connectivity index (χ4v) is 4.59. The number of nitrogen functional groups attached to an aromatic ring is 1. The van der Waals surface area contributed by atoms with Crippen molar-refractivity contribution < 1.29 is 0 Å². The molecule has 1 aliphatic carbocycles. The fraction of sp³-hybridized carbons (Fsp3) is 0.125. The number of nitrogens with zero attached hydrogens (tertiary/aromatic N) is 3. The lowest BCUT2D eigenvalue weighted by Crippen LogP contribution is -2.28. The van der Waals surface area contributed by atoms with E-state index in [2.05, 4.69) is 63.8 Å². The van der Waals surface area contributed by atoms with E-state index in [1.807, 2.05) is 30.5 Å². The number of aromatic nitrogens is 2. The average molecular weight is 379 g/mol. The Balaban J connectivity index is 1.33. The second kappa shape index (κ2) is 6.14. The predicted molar refractivity (Wildman–Crippen MR) is 117 cm³/mol. The minimum atomic E-state index is 0.240. The van der Waals surface area contributed by atoms with Gasteiger partial charge in [0.25, 0.3) is 0 Å². The molecule has 1 unspecified atom stereocenters. The van der Waals surface area contributed by atoms with Gasteiger partial charge in [-0.3, -0.25) is 15.1 Å². The summed E-state index contributed by atoms with van der Waals surface area (Å²) in [6.45, 7) is 0.749. The normalized spacial score (nSPS) is 17.0. The molecule has 3 aromatic carbocycles. The van der Waals surface area contributed by atoms with E-state index in [0.717, 1.165) is 24.3 Å². The van der Waals surface area contributed by atoms with Crippen molar-refractivity contribution in [1.82, 2.24) is 14.8 Å². The number of hydrazine groups is 1. The molecule has 142 valence electrons.